The molecule has 0 N–H and O–H groups in total. The van der Waals surface area contributed by atoms with Crippen molar-refractivity contribution < 1.29 is 5.48 Å². The molecular weight excluding hydrogens is 1330 g/mol. The topological polar surface area (TPSA) is 11.4 Å². The summed E-state index contributed by atoms with van der Waals surface area (Å²) in [6, 6.07) is 99.6. The zero-order valence-corrected chi connectivity index (χ0v) is 64.2. The summed E-state index contributed by atoms with van der Waals surface area (Å²) in [5.74, 6) is 2.12. The molecule has 20 rings (SSSR count). The molecule has 0 spiro atoms. The highest BCUT2D eigenvalue weighted by Crippen LogP contribution is 2.55. The third-order valence-electron chi connectivity index (χ3n) is 26.4. The smallest absolute Gasteiger partial charge is 0.252 e. The summed E-state index contributed by atoms with van der Waals surface area (Å²) in [4.78, 5) is 5.29. The van der Waals surface area contributed by atoms with Crippen molar-refractivity contribution in [2.24, 2.45) is 0 Å². The molecule has 0 atom stereocenters. The zero-order valence-electron chi connectivity index (χ0n) is 68.2. The van der Waals surface area contributed by atoms with E-state index in [-0.39, 0.29) is 36.3 Å². The van der Waals surface area contributed by atoms with Gasteiger partial charge < -0.3 is 14.4 Å². The van der Waals surface area contributed by atoms with Crippen LogP contribution >= 0.6 is 0 Å². The largest absolute Gasteiger partial charge is 0.310 e. The lowest BCUT2D eigenvalue weighted by Gasteiger charge is -2.46. The lowest BCUT2D eigenvalue weighted by Crippen LogP contribution is -2.61. The van der Waals surface area contributed by atoms with E-state index in [0.29, 0.717) is 34.6 Å². The number of fused-ring (bicyclic) bond motifs is 7. The predicted octanol–water partition coefficient (Wildman–Crippen LogP) is 28.4. The molecule has 1 aromatic heterocycles. The van der Waals surface area contributed by atoms with E-state index in [1.807, 2.05) is 0 Å². The molecule has 0 amide bonds. The van der Waals surface area contributed by atoms with Gasteiger partial charge in [0.2, 0.25) is 0 Å². The molecule has 0 bridgehead atoms. The molecule has 3 nitrogen and oxygen atoms in total. The Morgan fingerprint density at radius 1 is 0.309 bits per heavy atom. The zero-order chi connectivity index (χ0) is 76.9. The van der Waals surface area contributed by atoms with Gasteiger partial charge in [-0.25, -0.2) is 0 Å². The van der Waals surface area contributed by atoms with Crippen LogP contribution in [0.15, 0.2) is 285 Å². The van der Waals surface area contributed by atoms with Crippen LogP contribution in [0.4, 0.5) is 34.1 Å². The molecule has 0 unspecified atom stereocenters. The highest BCUT2D eigenvalue weighted by Gasteiger charge is 2.46. The Bertz CT molecular complexity index is 5540. The molecule has 14 aromatic rings. The van der Waals surface area contributed by atoms with E-state index in [9.17, 15) is 5.48 Å². The van der Waals surface area contributed by atoms with Gasteiger partial charge in [0.15, 0.2) is 0 Å². The maximum Gasteiger partial charge on any atom is 0.252 e. The maximum absolute atomic E-state index is 10.3. The average molecular weight is 1430 g/mol. The summed E-state index contributed by atoms with van der Waals surface area (Å²) in [6.07, 6.45) is 25.3. The Hall–Kier alpha value is -10.7. The van der Waals surface area contributed by atoms with E-state index >= 15 is 0 Å². The lowest BCUT2D eigenvalue weighted by atomic mass is 9.33. The van der Waals surface area contributed by atoms with Gasteiger partial charge in [0.05, 0.1) is 33.6 Å². The maximum atomic E-state index is 10.3. The van der Waals surface area contributed by atoms with Crippen molar-refractivity contribution in [3.63, 3.8) is 0 Å². The van der Waals surface area contributed by atoms with Crippen LogP contribution in [0, 0.1) is 0 Å². The monoisotopic (exact) mass is 1430 g/mol. The van der Waals surface area contributed by atoms with Gasteiger partial charge in [0.1, 0.15) is 0 Å². The highest BCUT2D eigenvalue weighted by atomic mass is 15.2. The minimum absolute atomic E-state index is 0.0447. The number of anilines is 6. The summed E-state index contributed by atoms with van der Waals surface area (Å²) >= 11 is 0. The normalized spacial score (nSPS) is 17.0. The summed E-state index contributed by atoms with van der Waals surface area (Å²) in [6.45, 7) is 6.31. The number of aromatic nitrogens is 1. The molecule has 0 saturated heterocycles. The molecule has 2 aliphatic heterocycles. The van der Waals surface area contributed by atoms with Crippen molar-refractivity contribution in [3.05, 3.63) is 313 Å². The van der Waals surface area contributed by atoms with Gasteiger partial charge in [0.25, 0.3) is 6.71 Å². The second kappa shape index (κ2) is 29.0. The molecule has 542 valence electrons. The van der Waals surface area contributed by atoms with E-state index < -0.39 is 0 Å². The van der Waals surface area contributed by atoms with Crippen molar-refractivity contribution in [2.75, 3.05) is 9.80 Å². The third kappa shape index (κ3) is 12.4. The predicted molar refractivity (Wildman–Crippen MR) is 469 cm³/mol. The molecule has 4 fully saturated rings. The van der Waals surface area contributed by atoms with Gasteiger partial charge >= 0.3 is 0 Å². The Kier molecular flexibility index (Phi) is 16.9. The Labute approximate surface area is 658 Å². The van der Waals surface area contributed by atoms with Gasteiger partial charge in [0, 0.05) is 55.8 Å². The molecule has 4 heteroatoms. The van der Waals surface area contributed by atoms with E-state index in [1.165, 1.54) is 184 Å². The number of hydrogen-bond donors (Lipinski definition) is 0. The van der Waals surface area contributed by atoms with Crippen LogP contribution in [0.5, 0.6) is 0 Å². The molecule has 6 aliphatic rings. The van der Waals surface area contributed by atoms with Crippen LogP contribution in [0.1, 0.15) is 206 Å². The molecule has 0 radical (unpaired) electrons. The van der Waals surface area contributed by atoms with Gasteiger partial charge in [-0.2, -0.15) is 0 Å². The van der Waals surface area contributed by atoms with E-state index in [0.717, 1.165) is 106 Å². The highest BCUT2D eigenvalue weighted by molar-refractivity contribution is 7.00. The number of benzene rings is 13. The van der Waals surface area contributed by atoms with Crippen molar-refractivity contribution >= 4 is 79.0 Å². The summed E-state index contributed by atoms with van der Waals surface area (Å²) in [7, 11) is 0. The quantitative estimate of drug-likeness (QED) is 0.107. The molecule has 110 heavy (non-hydrogen) atoms. The first-order valence-corrected chi connectivity index (χ1v) is 41.8. The Morgan fingerprint density at radius 3 is 1.05 bits per heavy atom. The Morgan fingerprint density at radius 2 is 0.682 bits per heavy atom. The van der Waals surface area contributed by atoms with Gasteiger partial charge in [-0.05, 0) is 212 Å². The van der Waals surface area contributed by atoms with Gasteiger partial charge in [-0.3, -0.25) is 0 Å². The molecule has 13 aromatic carbocycles. The summed E-state index contributed by atoms with van der Waals surface area (Å²) in [5.41, 5.74) is 32.6. The van der Waals surface area contributed by atoms with E-state index in [4.69, 9.17) is 0 Å². The van der Waals surface area contributed by atoms with Crippen LogP contribution in [0.3, 0.4) is 0 Å². The minimum Gasteiger partial charge on any atom is -0.310 e. The van der Waals surface area contributed by atoms with Crippen LogP contribution in [0.2, 0.25) is 0 Å². The van der Waals surface area contributed by atoms with Gasteiger partial charge in [-0.1, -0.05) is 340 Å². The van der Waals surface area contributed by atoms with E-state index in [1.54, 1.807) is 0 Å². The molecular formula is C106H100BN3. The van der Waals surface area contributed by atoms with E-state index in [2.05, 4.69) is 296 Å². The first-order valence-electron chi connectivity index (χ1n) is 43.8. The molecule has 4 saturated carbocycles. The van der Waals surface area contributed by atoms with Crippen LogP contribution in [-0.2, 0) is 5.41 Å². The third-order valence-corrected chi connectivity index (χ3v) is 26.4. The Balaban J connectivity index is 0.963. The van der Waals surface area contributed by atoms with Crippen LogP contribution in [0.25, 0.3) is 94.3 Å². The second-order valence-electron chi connectivity index (χ2n) is 34.1. The first kappa shape index (κ1) is 64.2. The number of rotatable bonds is 13. The molecule has 4 aliphatic carbocycles. The summed E-state index contributed by atoms with van der Waals surface area (Å²) < 4.78 is 41.7. The average Bonchev–Trinajstić information content (AvgIpc) is 0.909. The first-order chi connectivity index (χ1) is 55.9. The minimum atomic E-state index is -0.349. The number of nitrogens with zero attached hydrogens (tertiary/aromatic N) is 3. The van der Waals surface area contributed by atoms with Crippen molar-refractivity contribution in [1.82, 2.24) is 4.57 Å². The van der Waals surface area contributed by atoms with Crippen molar-refractivity contribution in [1.29, 1.82) is 0 Å². The van der Waals surface area contributed by atoms with Crippen molar-refractivity contribution in [3.8, 4) is 72.4 Å². The number of hydrogen-bond acceptors (Lipinski definition) is 2. The summed E-state index contributed by atoms with van der Waals surface area (Å²) in [5, 5.41) is 1.30. The van der Waals surface area contributed by atoms with Gasteiger partial charge in [-0.15, -0.1) is 0 Å². The van der Waals surface area contributed by atoms with Crippen LogP contribution in [-0.4, -0.2) is 11.3 Å². The standard InChI is InChI=1S/C106H100BN3/c1-106(2,3)87-56-59-98-94(68-87)93-48-28-29-53-97(93)108(98)88-69-101-103-102(70-88)110(105-91(77-44-24-10-25-45-77)51-31-52-92(105)78-46-26-11-27-47-78)100-58-55-80(86-64-83(73-36-16-6-17-37-73)61-84(65-86)74-38-18-7-19-39-74)67-96(100)107(103)95-66-79(85-62-81(71-32-12-4-13-33-71)60-82(63-85)72-34-14-5-15-35-72)54-57-99(95)109(101)104-89(75-40-20-8-21-41-75)49-30-50-90(104)76-42-22-9-23-43-76/h8-11,20-31,40-74H,4-7,12-19,32-39H2,1-3H3/i28D,29D,48D,53D. The lowest BCUT2D eigenvalue weighted by molar-refractivity contribution is 0.435. The molecule has 3 heterocycles. The second-order valence-corrected chi connectivity index (χ2v) is 34.1. The fraction of sp³-hybridized carbons (Fsp3) is 0.264. The fourth-order valence-electron chi connectivity index (χ4n) is 20.8. The van der Waals surface area contributed by atoms with Crippen molar-refractivity contribution in [2.45, 2.75) is 178 Å². The fourth-order valence-corrected chi connectivity index (χ4v) is 20.8. The van der Waals surface area contributed by atoms with Crippen LogP contribution < -0.4 is 26.2 Å². The SMILES string of the molecule is [2H]c1c([2H])c([2H])c2c(c1[2H])c1cc(C(C)(C)C)ccc1n2-c1cc2c3c(c1)N(c1c(-c4ccccc4)cccc1-c1ccccc1)c1ccc(-c4cc(C5CCCCC5)cc(C5CCCCC5)c4)cc1B3c1cc(-c3cc(C4CCCCC4)cc(C4CCCCC4)c3)ccc1N2c1c(-c2ccccc2)cccc1-c1ccccc1. The number of para-hydroxylation sites is 3.